The minimum atomic E-state index is -0.0970. The third-order valence-corrected chi connectivity index (χ3v) is 5.39. The highest BCUT2D eigenvalue weighted by Gasteiger charge is 2.33. The second-order valence-corrected chi connectivity index (χ2v) is 7.49. The fourth-order valence-electron chi connectivity index (χ4n) is 4.07. The number of rotatable bonds is 10. The van der Waals surface area contributed by atoms with Crippen LogP contribution in [0.15, 0.2) is 36.4 Å². The molecule has 3 rings (SSSR count). The number of fused-ring (bicyclic) bond motifs is 2. The molecule has 0 amide bonds. The normalized spacial score (nSPS) is 12.7. The van der Waals surface area contributed by atoms with Crippen molar-refractivity contribution in [1.82, 2.24) is 4.90 Å². The van der Waals surface area contributed by atoms with Gasteiger partial charge < -0.3 is 15.5 Å². The molecular formula is C24H31N3O2. The summed E-state index contributed by atoms with van der Waals surface area (Å²) in [4.78, 5) is 28.8. The molecule has 0 spiro atoms. The van der Waals surface area contributed by atoms with Crippen molar-refractivity contribution < 1.29 is 9.59 Å². The number of hydrogen-bond acceptors (Lipinski definition) is 5. The third-order valence-electron chi connectivity index (χ3n) is 5.39. The van der Waals surface area contributed by atoms with Gasteiger partial charge in [0, 0.05) is 36.1 Å². The monoisotopic (exact) mass is 393 g/mol. The predicted molar refractivity (Wildman–Crippen MR) is 119 cm³/mol. The van der Waals surface area contributed by atoms with Gasteiger partial charge in [-0.05, 0) is 51.0 Å². The smallest absolute Gasteiger partial charge is 0.196 e. The maximum Gasteiger partial charge on any atom is 0.196 e. The van der Waals surface area contributed by atoms with E-state index in [4.69, 9.17) is 0 Å². The van der Waals surface area contributed by atoms with Gasteiger partial charge >= 0.3 is 0 Å². The van der Waals surface area contributed by atoms with Crippen LogP contribution in [-0.4, -0.2) is 49.7 Å². The Morgan fingerprint density at radius 3 is 1.90 bits per heavy atom. The van der Waals surface area contributed by atoms with Crippen molar-refractivity contribution >= 4 is 22.9 Å². The van der Waals surface area contributed by atoms with Crippen molar-refractivity contribution in [3.05, 3.63) is 58.7 Å². The molecule has 2 aromatic rings. The van der Waals surface area contributed by atoms with E-state index in [1.165, 1.54) is 0 Å². The topological polar surface area (TPSA) is 61.4 Å². The first-order valence-electron chi connectivity index (χ1n) is 10.6. The highest BCUT2D eigenvalue weighted by Crippen LogP contribution is 2.36. The van der Waals surface area contributed by atoms with Crippen LogP contribution in [0.1, 0.15) is 65.0 Å². The summed E-state index contributed by atoms with van der Waals surface area (Å²) in [5.41, 5.74) is 3.35. The molecular weight excluding hydrogens is 362 g/mol. The van der Waals surface area contributed by atoms with Crippen molar-refractivity contribution in [2.45, 2.75) is 33.1 Å². The molecule has 0 bridgehead atoms. The van der Waals surface area contributed by atoms with Crippen LogP contribution in [-0.2, 0) is 0 Å². The molecule has 1 aliphatic rings. The van der Waals surface area contributed by atoms with Crippen LogP contribution in [0.3, 0.4) is 0 Å². The molecule has 2 aromatic carbocycles. The van der Waals surface area contributed by atoms with E-state index in [9.17, 15) is 9.59 Å². The van der Waals surface area contributed by atoms with Crippen LogP contribution in [0, 0.1) is 0 Å². The molecule has 154 valence electrons. The number of carbonyl (C=O) groups excluding carboxylic acids is 2. The molecule has 5 nitrogen and oxygen atoms in total. The van der Waals surface area contributed by atoms with Gasteiger partial charge in [0.2, 0.25) is 0 Å². The standard InChI is InChI=1S/C24H31N3O2/c1-4-14-27(15-5-2)16-8-13-26-20-12-11-19(25-3)21-22(20)24(29)18-10-7-6-9-17(18)23(21)28/h6-7,9-12,25-26H,4-5,8,13-16H2,1-3H3. The molecule has 0 aliphatic heterocycles. The van der Waals surface area contributed by atoms with Gasteiger partial charge in [-0.3, -0.25) is 9.59 Å². The molecule has 0 heterocycles. The fourth-order valence-corrected chi connectivity index (χ4v) is 4.07. The Morgan fingerprint density at radius 2 is 1.34 bits per heavy atom. The van der Waals surface area contributed by atoms with Crippen LogP contribution >= 0.6 is 0 Å². The van der Waals surface area contributed by atoms with Crippen LogP contribution in [0.4, 0.5) is 11.4 Å². The van der Waals surface area contributed by atoms with Gasteiger partial charge in [-0.2, -0.15) is 0 Å². The maximum absolute atomic E-state index is 13.2. The lowest BCUT2D eigenvalue weighted by molar-refractivity contribution is 0.0980. The molecule has 0 saturated carbocycles. The largest absolute Gasteiger partial charge is 0.388 e. The number of hydrogen-bond donors (Lipinski definition) is 2. The van der Waals surface area contributed by atoms with Gasteiger partial charge in [-0.15, -0.1) is 0 Å². The van der Waals surface area contributed by atoms with Gasteiger partial charge in [0.25, 0.3) is 0 Å². The number of anilines is 2. The minimum absolute atomic E-state index is 0.0895. The van der Waals surface area contributed by atoms with E-state index >= 15 is 0 Å². The van der Waals surface area contributed by atoms with Gasteiger partial charge in [-0.25, -0.2) is 0 Å². The quantitative estimate of drug-likeness (QED) is 0.499. The summed E-state index contributed by atoms with van der Waals surface area (Å²) in [5.74, 6) is -0.186. The number of benzene rings is 2. The zero-order valence-electron chi connectivity index (χ0n) is 17.7. The number of nitrogens with zero attached hydrogens (tertiary/aromatic N) is 1. The van der Waals surface area contributed by atoms with Crippen LogP contribution < -0.4 is 10.6 Å². The first-order chi connectivity index (χ1) is 14.1. The molecule has 1 aliphatic carbocycles. The Kier molecular flexibility index (Phi) is 7.04. The molecule has 0 saturated heterocycles. The summed E-state index contributed by atoms with van der Waals surface area (Å²) in [7, 11) is 1.77. The Bertz CT molecular complexity index is 886. The van der Waals surface area contributed by atoms with Crippen molar-refractivity contribution in [3.63, 3.8) is 0 Å². The first-order valence-corrected chi connectivity index (χ1v) is 10.6. The van der Waals surface area contributed by atoms with E-state index in [1.807, 2.05) is 12.1 Å². The highest BCUT2D eigenvalue weighted by atomic mass is 16.1. The zero-order valence-corrected chi connectivity index (χ0v) is 17.7. The second kappa shape index (κ2) is 9.70. The molecule has 0 radical (unpaired) electrons. The van der Waals surface area contributed by atoms with E-state index in [1.54, 1.807) is 31.3 Å². The minimum Gasteiger partial charge on any atom is -0.388 e. The first kappa shape index (κ1) is 21.1. The number of ketones is 2. The Labute approximate surface area is 173 Å². The van der Waals surface area contributed by atoms with E-state index in [-0.39, 0.29) is 11.6 Å². The Hall–Kier alpha value is -2.66. The van der Waals surface area contributed by atoms with Gasteiger partial charge in [0.05, 0.1) is 11.1 Å². The maximum atomic E-state index is 13.2. The molecule has 2 N–H and O–H groups in total. The van der Waals surface area contributed by atoms with E-state index in [0.29, 0.717) is 27.9 Å². The number of carbonyl (C=O) groups is 2. The lowest BCUT2D eigenvalue weighted by atomic mass is 9.82. The SMILES string of the molecule is CCCN(CCC)CCCNc1ccc(NC)c2c1C(=O)c1ccccc1C2=O. The van der Waals surface area contributed by atoms with E-state index in [0.717, 1.165) is 51.1 Å². The van der Waals surface area contributed by atoms with Crippen LogP contribution in [0.25, 0.3) is 0 Å². The van der Waals surface area contributed by atoms with Crippen molar-refractivity contribution in [3.8, 4) is 0 Å². The summed E-state index contributed by atoms with van der Waals surface area (Å²) in [5, 5.41) is 6.48. The molecule has 29 heavy (non-hydrogen) atoms. The van der Waals surface area contributed by atoms with E-state index in [2.05, 4.69) is 29.4 Å². The van der Waals surface area contributed by atoms with Gasteiger partial charge in [-0.1, -0.05) is 38.1 Å². The third kappa shape index (κ3) is 4.35. The average molecular weight is 394 g/mol. The summed E-state index contributed by atoms with van der Waals surface area (Å²) in [6.45, 7) is 8.43. The lowest BCUT2D eigenvalue weighted by Gasteiger charge is -2.24. The summed E-state index contributed by atoms with van der Waals surface area (Å²) in [6.07, 6.45) is 3.30. The average Bonchev–Trinajstić information content (AvgIpc) is 2.74. The summed E-state index contributed by atoms with van der Waals surface area (Å²) >= 11 is 0. The predicted octanol–water partition coefficient (Wildman–Crippen LogP) is 4.43. The van der Waals surface area contributed by atoms with Gasteiger partial charge in [0.1, 0.15) is 0 Å². The van der Waals surface area contributed by atoms with E-state index < -0.39 is 0 Å². The second-order valence-electron chi connectivity index (χ2n) is 7.49. The van der Waals surface area contributed by atoms with Crippen molar-refractivity contribution in [2.75, 3.05) is 43.9 Å². The lowest BCUT2D eigenvalue weighted by Crippen LogP contribution is -2.28. The van der Waals surface area contributed by atoms with Gasteiger partial charge in [0.15, 0.2) is 11.6 Å². The Morgan fingerprint density at radius 1 is 0.793 bits per heavy atom. The van der Waals surface area contributed by atoms with Crippen molar-refractivity contribution in [2.24, 2.45) is 0 Å². The Balaban J connectivity index is 1.81. The molecule has 0 atom stereocenters. The van der Waals surface area contributed by atoms with Crippen LogP contribution in [0.2, 0.25) is 0 Å². The van der Waals surface area contributed by atoms with Crippen molar-refractivity contribution in [1.29, 1.82) is 0 Å². The molecule has 0 fully saturated rings. The highest BCUT2D eigenvalue weighted by molar-refractivity contribution is 6.31. The molecule has 0 unspecified atom stereocenters. The number of nitrogens with one attached hydrogen (secondary N) is 2. The zero-order chi connectivity index (χ0) is 20.8. The molecule has 0 aromatic heterocycles. The fraction of sp³-hybridized carbons (Fsp3) is 0.417. The molecule has 5 heteroatoms. The summed E-state index contributed by atoms with van der Waals surface area (Å²) in [6, 6.07) is 10.9. The summed E-state index contributed by atoms with van der Waals surface area (Å²) < 4.78 is 0. The van der Waals surface area contributed by atoms with Crippen LogP contribution in [0.5, 0.6) is 0 Å².